The van der Waals surface area contributed by atoms with Crippen molar-refractivity contribution in [3.63, 3.8) is 0 Å². The Morgan fingerprint density at radius 3 is 2.46 bits per heavy atom. The molecule has 2 aromatic heterocycles. The quantitative estimate of drug-likeness (QED) is 0.759. The summed E-state index contributed by atoms with van der Waals surface area (Å²) in [7, 11) is 0. The second-order valence-corrected chi connectivity index (χ2v) is 4.68. The second kappa shape index (κ2) is 5.76. The van der Waals surface area contributed by atoms with Crippen LogP contribution in [-0.4, -0.2) is 31.2 Å². The monoisotopic (exact) mass is 338 g/mol. The molecule has 0 unspecified atom stereocenters. The fourth-order valence-electron chi connectivity index (χ4n) is 1.80. The average Bonchev–Trinajstić information content (AvgIpc) is 3.16. The topological polar surface area (TPSA) is 110 Å². The Hall–Kier alpha value is -3.24. The van der Waals surface area contributed by atoms with Gasteiger partial charge in [0.1, 0.15) is 0 Å². The highest BCUT2D eigenvalue weighted by molar-refractivity contribution is 6.03. The minimum Gasteiger partial charge on any atom is -0.334 e. The molecule has 0 atom stereocenters. The SMILES string of the molecule is Cc1noc(-c2ccc(C(=O)Nc3n[nH]c(C(F)(F)F)n3)cc2)n1. The first-order chi connectivity index (χ1) is 11.3. The molecule has 0 spiro atoms. The van der Waals surface area contributed by atoms with Crippen molar-refractivity contribution in [3.05, 3.63) is 41.5 Å². The molecule has 0 aliphatic carbocycles. The Bertz CT molecular complexity index is 868. The summed E-state index contributed by atoms with van der Waals surface area (Å²) >= 11 is 0. The predicted molar refractivity (Wildman–Crippen MR) is 73.8 cm³/mol. The predicted octanol–water partition coefficient (Wildman–Crippen LogP) is 2.43. The van der Waals surface area contributed by atoms with Crippen LogP contribution < -0.4 is 5.32 Å². The van der Waals surface area contributed by atoms with Crippen LogP contribution in [0.4, 0.5) is 19.1 Å². The van der Waals surface area contributed by atoms with Gasteiger partial charge in [-0.1, -0.05) is 5.16 Å². The summed E-state index contributed by atoms with van der Waals surface area (Å²) in [6, 6.07) is 6.06. The lowest BCUT2D eigenvalue weighted by Gasteiger charge is -2.02. The number of anilines is 1. The number of halogens is 3. The number of benzene rings is 1. The molecule has 24 heavy (non-hydrogen) atoms. The standard InChI is InChI=1S/C13H9F3N6O2/c1-6-17-10(24-22-6)8-4-2-7(3-5-8)9(23)18-12-19-11(20-21-12)13(14,15)16/h2-5H,1H3,(H2,18,19,20,21,23). The average molecular weight is 338 g/mol. The molecule has 3 aromatic rings. The molecule has 0 radical (unpaired) electrons. The third-order valence-electron chi connectivity index (χ3n) is 2.90. The molecule has 2 heterocycles. The van der Waals surface area contributed by atoms with Crippen molar-refractivity contribution < 1.29 is 22.5 Å². The third kappa shape index (κ3) is 3.24. The smallest absolute Gasteiger partial charge is 0.334 e. The first kappa shape index (κ1) is 15.6. The van der Waals surface area contributed by atoms with Gasteiger partial charge in [0.2, 0.25) is 11.8 Å². The first-order valence-electron chi connectivity index (χ1n) is 6.54. The van der Waals surface area contributed by atoms with Crippen LogP contribution in [-0.2, 0) is 6.18 Å². The molecule has 124 valence electrons. The number of alkyl halides is 3. The number of nitrogens with zero attached hydrogens (tertiary/aromatic N) is 4. The Labute approximate surface area is 132 Å². The molecule has 0 bridgehead atoms. The van der Waals surface area contributed by atoms with Crippen LogP contribution in [0, 0.1) is 6.92 Å². The van der Waals surface area contributed by atoms with Crippen LogP contribution in [0.25, 0.3) is 11.5 Å². The normalized spacial score (nSPS) is 11.5. The van der Waals surface area contributed by atoms with Gasteiger partial charge in [-0.2, -0.15) is 23.1 Å². The van der Waals surface area contributed by atoms with E-state index in [2.05, 4.69) is 25.5 Å². The number of hydrogen-bond acceptors (Lipinski definition) is 6. The molecule has 3 rings (SSSR count). The van der Waals surface area contributed by atoms with Gasteiger partial charge in [0.25, 0.3) is 11.8 Å². The highest BCUT2D eigenvalue weighted by Gasteiger charge is 2.35. The molecule has 8 nitrogen and oxygen atoms in total. The summed E-state index contributed by atoms with van der Waals surface area (Å²) in [6.45, 7) is 1.67. The maximum Gasteiger partial charge on any atom is 0.451 e. The number of carbonyl (C=O) groups excluding carboxylic acids is 1. The van der Waals surface area contributed by atoms with Crippen LogP contribution >= 0.6 is 0 Å². The Morgan fingerprint density at radius 1 is 1.21 bits per heavy atom. The van der Waals surface area contributed by atoms with Crippen LogP contribution in [0.15, 0.2) is 28.8 Å². The van der Waals surface area contributed by atoms with Gasteiger partial charge >= 0.3 is 6.18 Å². The van der Waals surface area contributed by atoms with E-state index in [4.69, 9.17) is 4.52 Å². The van der Waals surface area contributed by atoms with Gasteiger partial charge in [-0.25, -0.2) is 0 Å². The molecule has 0 saturated heterocycles. The number of carbonyl (C=O) groups is 1. The van der Waals surface area contributed by atoms with Crippen LogP contribution in [0.1, 0.15) is 22.0 Å². The molecule has 0 aliphatic rings. The summed E-state index contributed by atoms with van der Waals surface area (Å²) in [5.41, 5.74) is 0.803. The molecule has 0 fully saturated rings. The van der Waals surface area contributed by atoms with Crippen molar-refractivity contribution in [3.8, 4) is 11.5 Å². The number of amides is 1. The summed E-state index contributed by atoms with van der Waals surface area (Å²) in [5.74, 6) is -1.65. The fraction of sp³-hybridized carbons (Fsp3) is 0.154. The van der Waals surface area contributed by atoms with Gasteiger partial charge in [0.05, 0.1) is 0 Å². The number of nitrogens with one attached hydrogen (secondary N) is 2. The van der Waals surface area contributed by atoms with Gasteiger partial charge in [-0.15, -0.1) is 5.10 Å². The Balaban J connectivity index is 1.72. The Kier molecular flexibility index (Phi) is 3.75. The van der Waals surface area contributed by atoms with E-state index in [1.54, 1.807) is 24.2 Å². The molecule has 1 amide bonds. The van der Waals surface area contributed by atoms with Gasteiger partial charge < -0.3 is 4.52 Å². The number of rotatable bonds is 3. The highest BCUT2D eigenvalue weighted by Crippen LogP contribution is 2.26. The molecule has 2 N–H and O–H groups in total. The third-order valence-corrected chi connectivity index (χ3v) is 2.90. The van der Waals surface area contributed by atoms with E-state index in [1.807, 2.05) is 0 Å². The van der Waals surface area contributed by atoms with Gasteiger partial charge in [-0.3, -0.25) is 15.2 Å². The van der Waals surface area contributed by atoms with E-state index in [0.29, 0.717) is 17.3 Å². The molecular formula is C13H9F3N6O2. The zero-order valence-corrected chi connectivity index (χ0v) is 12.0. The van der Waals surface area contributed by atoms with Crippen molar-refractivity contribution in [2.45, 2.75) is 13.1 Å². The zero-order chi connectivity index (χ0) is 17.3. The summed E-state index contributed by atoms with van der Waals surface area (Å²) in [4.78, 5) is 19.2. The minimum atomic E-state index is -4.67. The van der Waals surface area contributed by atoms with Crippen molar-refractivity contribution in [2.75, 3.05) is 5.32 Å². The lowest BCUT2D eigenvalue weighted by atomic mass is 10.1. The van der Waals surface area contributed by atoms with Crippen molar-refractivity contribution in [1.82, 2.24) is 25.3 Å². The molecule has 11 heteroatoms. The summed E-state index contributed by atoms with van der Waals surface area (Å²) in [6.07, 6.45) is -4.67. The van der Waals surface area contributed by atoms with Crippen LogP contribution in [0.3, 0.4) is 0 Å². The van der Waals surface area contributed by atoms with Crippen LogP contribution in [0.2, 0.25) is 0 Å². The number of aryl methyl sites for hydroxylation is 1. The summed E-state index contributed by atoms with van der Waals surface area (Å²) < 4.78 is 42.2. The number of aromatic amines is 1. The minimum absolute atomic E-state index is 0.202. The lowest BCUT2D eigenvalue weighted by Crippen LogP contribution is -2.13. The van der Waals surface area contributed by atoms with Crippen molar-refractivity contribution in [2.24, 2.45) is 0 Å². The van der Waals surface area contributed by atoms with E-state index in [0.717, 1.165) is 0 Å². The van der Waals surface area contributed by atoms with Gasteiger partial charge in [0.15, 0.2) is 5.82 Å². The molecule has 0 saturated carbocycles. The number of H-pyrrole nitrogens is 1. The first-order valence-corrected chi connectivity index (χ1v) is 6.54. The number of hydrogen-bond donors (Lipinski definition) is 2. The van der Waals surface area contributed by atoms with Crippen LogP contribution in [0.5, 0.6) is 0 Å². The largest absolute Gasteiger partial charge is 0.451 e. The van der Waals surface area contributed by atoms with E-state index in [1.165, 1.54) is 12.1 Å². The Morgan fingerprint density at radius 2 is 1.92 bits per heavy atom. The molecule has 1 aromatic carbocycles. The molecule has 0 aliphatic heterocycles. The van der Waals surface area contributed by atoms with Gasteiger partial charge in [-0.05, 0) is 31.2 Å². The highest BCUT2D eigenvalue weighted by atomic mass is 19.4. The fourth-order valence-corrected chi connectivity index (χ4v) is 1.80. The lowest BCUT2D eigenvalue weighted by molar-refractivity contribution is -0.144. The molecular weight excluding hydrogens is 329 g/mol. The maximum atomic E-state index is 12.4. The number of aromatic nitrogens is 5. The maximum absolute atomic E-state index is 12.4. The summed E-state index contributed by atoms with van der Waals surface area (Å²) in [5, 5.41) is 10.8. The van der Waals surface area contributed by atoms with Gasteiger partial charge in [0, 0.05) is 11.1 Å². The van der Waals surface area contributed by atoms with Crippen molar-refractivity contribution >= 4 is 11.9 Å². The van der Waals surface area contributed by atoms with E-state index in [-0.39, 0.29) is 5.56 Å². The van der Waals surface area contributed by atoms with E-state index < -0.39 is 23.9 Å². The van der Waals surface area contributed by atoms with Crippen molar-refractivity contribution in [1.29, 1.82) is 0 Å². The second-order valence-electron chi connectivity index (χ2n) is 4.68. The van der Waals surface area contributed by atoms with E-state index >= 15 is 0 Å². The van der Waals surface area contributed by atoms with E-state index in [9.17, 15) is 18.0 Å². The zero-order valence-electron chi connectivity index (χ0n) is 12.0.